The predicted octanol–water partition coefficient (Wildman–Crippen LogP) is 3.62. The van der Waals surface area contributed by atoms with Gasteiger partial charge in [-0.2, -0.15) is 5.10 Å². The predicted molar refractivity (Wildman–Crippen MR) is 105 cm³/mol. The quantitative estimate of drug-likeness (QED) is 0.750. The van der Waals surface area contributed by atoms with Crippen LogP contribution >= 0.6 is 0 Å². The fourth-order valence-corrected chi connectivity index (χ4v) is 2.95. The van der Waals surface area contributed by atoms with Crippen molar-refractivity contribution in [3.05, 3.63) is 76.9 Å². The van der Waals surface area contributed by atoms with Gasteiger partial charge in [-0.1, -0.05) is 6.07 Å². The van der Waals surface area contributed by atoms with E-state index in [1.54, 1.807) is 37.2 Å². The van der Waals surface area contributed by atoms with E-state index in [0.29, 0.717) is 16.8 Å². The smallest absolute Gasteiger partial charge is 0.251 e. The third-order valence-corrected chi connectivity index (χ3v) is 4.33. The zero-order valence-electron chi connectivity index (χ0n) is 16.0. The van der Waals surface area contributed by atoms with Gasteiger partial charge in [-0.05, 0) is 61.9 Å². The largest absolute Gasteiger partial charge is 0.375 e. The summed E-state index contributed by atoms with van der Waals surface area (Å²) in [5.41, 5.74) is 4.66. The molecule has 0 fully saturated rings. The van der Waals surface area contributed by atoms with Crippen LogP contribution in [0.5, 0.6) is 0 Å². The number of rotatable bonds is 5. The van der Waals surface area contributed by atoms with E-state index in [4.69, 9.17) is 0 Å². The average molecular weight is 366 g/mol. The lowest BCUT2D eigenvalue weighted by Gasteiger charge is -2.14. The van der Waals surface area contributed by atoms with Gasteiger partial charge in [0.25, 0.3) is 5.91 Å². The van der Waals surface area contributed by atoms with Crippen LogP contribution in [0.4, 0.5) is 10.1 Å². The van der Waals surface area contributed by atoms with Crippen molar-refractivity contribution in [1.82, 2.24) is 15.1 Å². The highest BCUT2D eigenvalue weighted by atomic mass is 19.1. The molecule has 140 valence electrons. The van der Waals surface area contributed by atoms with Gasteiger partial charge in [-0.15, -0.1) is 0 Å². The summed E-state index contributed by atoms with van der Waals surface area (Å²) in [5.74, 6) is -0.506. The Balaban J connectivity index is 1.66. The summed E-state index contributed by atoms with van der Waals surface area (Å²) >= 11 is 0. The minimum absolute atomic E-state index is 0.202. The molecule has 0 aliphatic carbocycles. The Bertz CT molecular complexity index is 961. The van der Waals surface area contributed by atoms with Gasteiger partial charge in [0.05, 0.1) is 17.1 Å². The molecule has 1 aromatic heterocycles. The lowest BCUT2D eigenvalue weighted by atomic mass is 10.1. The first-order chi connectivity index (χ1) is 12.8. The molecule has 1 heterocycles. The Morgan fingerprint density at radius 1 is 1.11 bits per heavy atom. The first-order valence-electron chi connectivity index (χ1n) is 8.73. The molecule has 27 heavy (non-hydrogen) atoms. The van der Waals surface area contributed by atoms with Gasteiger partial charge in [0, 0.05) is 31.9 Å². The molecule has 5 nitrogen and oxygen atoms in total. The minimum Gasteiger partial charge on any atom is -0.375 e. The van der Waals surface area contributed by atoms with Crippen LogP contribution in [-0.2, 0) is 6.54 Å². The number of anilines is 1. The lowest BCUT2D eigenvalue weighted by Crippen LogP contribution is -2.23. The Morgan fingerprint density at radius 2 is 1.81 bits per heavy atom. The zero-order valence-corrected chi connectivity index (χ0v) is 16.0. The van der Waals surface area contributed by atoms with E-state index in [1.165, 1.54) is 6.07 Å². The second kappa shape index (κ2) is 7.61. The third kappa shape index (κ3) is 4.16. The highest BCUT2D eigenvalue weighted by molar-refractivity contribution is 5.94. The van der Waals surface area contributed by atoms with Gasteiger partial charge in [-0.25, -0.2) is 9.07 Å². The molecule has 0 saturated heterocycles. The van der Waals surface area contributed by atoms with Gasteiger partial charge in [0.2, 0.25) is 0 Å². The molecule has 0 aliphatic rings. The van der Waals surface area contributed by atoms with Crippen LogP contribution in [0.2, 0.25) is 0 Å². The molecule has 0 spiro atoms. The van der Waals surface area contributed by atoms with Crippen LogP contribution in [0, 0.1) is 19.7 Å². The van der Waals surface area contributed by atoms with E-state index in [2.05, 4.69) is 10.4 Å². The topological polar surface area (TPSA) is 50.2 Å². The molecule has 0 radical (unpaired) electrons. The number of aryl methyl sites for hydroxylation is 2. The maximum atomic E-state index is 14.0. The van der Waals surface area contributed by atoms with E-state index < -0.39 is 0 Å². The molecule has 0 atom stereocenters. The van der Waals surface area contributed by atoms with Crippen LogP contribution in [0.15, 0.2) is 48.5 Å². The third-order valence-electron chi connectivity index (χ3n) is 4.33. The number of nitrogens with one attached hydrogen (secondary N) is 1. The van der Waals surface area contributed by atoms with Crippen LogP contribution in [0.3, 0.4) is 0 Å². The molecule has 0 aliphatic heterocycles. The number of amides is 1. The van der Waals surface area contributed by atoms with Crippen LogP contribution < -0.4 is 10.2 Å². The summed E-state index contributed by atoms with van der Waals surface area (Å²) in [5, 5.41) is 7.26. The summed E-state index contributed by atoms with van der Waals surface area (Å²) in [4.78, 5) is 14.1. The van der Waals surface area contributed by atoms with Crippen LogP contribution in [-0.4, -0.2) is 29.8 Å². The van der Waals surface area contributed by atoms with Crippen LogP contribution in [0.1, 0.15) is 27.3 Å². The molecule has 1 N–H and O–H groups in total. The molecule has 6 heteroatoms. The molecule has 0 unspecified atom stereocenters. The molecule has 2 aromatic carbocycles. The fourth-order valence-electron chi connectivity index (χ4n) is 2.95. The first kappa shape index (κ1) is 18.6. The summed E-state index contributed by atoms with van der Waals surface area (Å²) in [6, 6.07) is 14.2. The number of hydrogen-bond acceptors (Lipinski definition) is 3. The van der Waals surface area contributed by atoms with Crippen molar-refractivity contribution in [2.24, 2.45) is 0 Å². The van der Waals surface area contributed by atoms with E-state index in [1.807, 2.05) is 42.8 Å². The van der Waals surface area contributed by atoms with Crippen molar-refractivity contribution in [2.75, 3.05) is 19.0 Å². The summed E-state index contributed by atoms with van der Waals surface area (Å²) < 4.78 is 15.9. The highest BCUT2D eigenvalue weighted by Crippen LogP contribution is 2.18. The first-order valence-corrected chi connectivity index (χ1v) is 8.73. The molecule has 3 aromatic rings. The molecule has 1 amide bonds. The van der Waals surface area contributed by atoms with Gasteiger partial charge < -0.3 is 10.2 Å². The summed E-state index contributed by atoms with van der Waals surface area (Å²) in [6.45, 7) is 4.20. The van der Waals surface area contributed by atoms with Gasteiger partial charge in [0.1, 0.15) is 5.82 Å². The molecular weight excluding hydrogens is 343 g/mol. The average Bonchev–Trinajstić information content (AvgIpc) is 2.97. The standard InChI is InChI=1S/C21H23FN4O/c1-14-11-15(2)26(24-14)18-8-6-17(7-9-18)21(27)23-13-16-5-10-20(25(3)4)19(22)12-16/h5-12H,13H2,1-4H3,(H,23,27). The minimum atomic E-state index is -0.305. The maximum absolute atomic E-state index is 14.0. The molecule has 0 saturated carbocycles. The number of benzene rings is 2. The number of nitrogens with zero attached hydrogens (tertiary/aromatic N) is 3. The summed E-state index contributed by atoms with van der Waals surface area (Å²) in [7, 11) is 3.57. The molecule has 0 bridgehead atoms. The Hall–Kier alpha value is -3.15. The lowest BCUT2D eigenvalue weighted by molar-refractivity contribution is 0.0951. The fraction of sp³-hybridized carbons (Fsp3) is 0.238. The van der Waals surface area contributed by atoms with Crippen molar-refractivity contribution in [3.8, 4) is 5.69 Å². The summed E-state index contributed by atoms with van der Waals surface area (Å²) in [6.07, 6.45) is 0. The Labute approximate surface area is 158 Å². The zero-order chi connectivity index (χ0) is 19.6. The second-order valence-corrected chi connectivity index (χ2v) is 6.75. The SMILES string of the molecule is Cc1cc(C)n(-c2ccc(C(=O)NCc3ccc(N(C)C)c(F)c3)cc2)n1. The molecular formula is C21H23FN4O. The maximum Gasteiger partial charge on any atom is 0.251 e. The molecule has 3 rings (SSSR count). The normalized spacial score (nSPS) is 10.7. The number of aromatic nitrogens is 2. The van der Waals surface area contributed by atoms with E-state index in [9.17, 15) is 9.18 Å². The Kier molecular flexibility index (Phi) is 5.26. The van der Waals surface area contributed by atoms with Crippen molar-refractivity contribution in [1.29, 1.82) is 0 Å². The van der Waals surface area contributed by atoms with Gasteiger partial charge in [0.15, 0.2) is 0 Å². The van der Waals surface area contributed by atoms with E-state index >= 15 is 0 Å². The number of carbonyl (C=O) groups excluding carboxylic acids is 1. The van der Waals surface area contributed by atoms with Crippen molar-refractivity contribution in [3.63, 3.8) is 0 Å². The van der Waals surface area contributed by atoms with Crippen LogP contribution in [0.25, 0.3) is 5.69 Å². The number of carbonyl (C=O) groups is 1. The van der Waals surface area contributed by atoms with Gasteiger partial charge >= 0.3 is 0 Å². The Morgan fingerprint density at radius 3 is 2.37 bits per heavy atom. The van der Waals surface area contributed by atoms with Crippen molar-refractivity contribution in [2.45, 2.75) is 20.4 Å². The van der Waals surface area contributed by atoms with E-state index in [-0.39, 0.29) is 18.3 Å². The van der Waals surface area contributed by atoms with E-state index in [0.717, 1.165) is 17.1 Å². The highest BCUT2D eigenvalue weighted by Gasteiger charge is 2.09. The van der Waals surface area contributed by atoms with Gasteiger partial charge in [-0.3, -0.25) is 4.79 Å². The number of hydrogen-bond donors (Lipinski definition) is 1. The van der Waals surface area contributed by atoms with Crippen molar-refractivity contribution < 1.29 is 9.18 Å². The second-order valence-electron chi connectivity index (χ2n) is 6.75. The number of halogens is 1. The van der Waals surface area contributed by atoms with Crippen molar-refractivity contribution >= 4 is 11.6 Å². The monoisotopic (exact) mass is 366 g/mol.